The van der Waals surface area contributed by atoms with Crippen molar-refractivity contribution >= 4 is 11.8 Å². The summed E-state index contributed by atoms with van der Waals surface area (Å²) < 4.78 is 14.0. The van der Waals surface area contributed by atoms with E-state index in [4.69, 9.17) is 0 Å². The largest absolute Gasteiger partial charge is 0.310 e. The van der Waals surface area contributed by atoms with Crippen LogP contribution in [0.4, 0.5) is 4.39 Å². The fraction of sp³-hybridized carbons (Fsp3) is 0.600. The van der Waals surface area contributed by atoms with Gasteiger partial charge in [0.15, 0.2) is 0 Å². The van der Waals surface area contributed by atoms with Crippen LogP contribution in [-0.2, 0) is 0 Å². The molecule has 0 aromatic heterocycles. The van der Waals surface area contributed by atoms with Crippen molar-refractivity contribution in [1.82, 2.24) is 5.32 Å². The van der Waals surface area contributed by atoms with Gasteiger partial charge < -0.3 is 5.32 Å². The van der Waals surface area contributed by atoms with Crippen molar-refractivity contribution in [2.24, 2.45) is 5.92 Å². The molecule has 0 amide bonds. The van der Waals surface area contributed by atoms with E-state index in [0.29, 0.717) is 11.2 Å². The highest BCUT2D eigenvalue weighted by atomic mass is 32.2. The van der Waals surface area contributed by atoms with E-state index in [1.807, 2.05) is 19.9 Å². The van der Waals surface area contributed by atoms with Crippen molar-refractivity contribution in [2.75, 3.05) is 6.54 Å². The van der Waals surface area contributed by atoms with E-state index in [1.54, 1.807) is 23.9 Å². The fourth-order valence-corrected chi connectivity index (χ4v) is 3.02. The third kappa shape index (κ3) is 3.99. The molecule has 2 unspecified atom stereocenters. The second kappa shape index (κ2) is 7.15. The molecule has 0 aliphatic heterocycles. The maximum Gasteiger partial charge on any atom is 0.129 e. The van der Waals surface area contributed by atoms with Gasteiger partial charge in [0.25, 0.3) is 0 Å². The average Bonchev–Trinajstić information content (AvgIpc) is 2.29. The van der Waals surface area contributed by atoms with Crippen molar-refractivity contribution in [3.05, 3.63) is 29.6 Å². The van der Waals surface area contributed by atoms with Crippen LogP contribution in [0.3, 0.4) is 0 Å². The molecule has 0 spiro atoms. The first-order chi connectivity index (χ1) is 8.47. The zero-order valence-corrected chi connectivity index (χ0v) is 12.8. The zero-order chi connectivity index (χ0) is 13.7. The molecule has 0 saturated carbocycles. The second-order valence-electron chi connectivity index (χ2n) is 5.00. The van der Waals surface area contributed by atoms with Crippen LogP contribution >= 0.6 is 11.8 Å². The summed E-state index contributed by atoms with van der Waals surface area (Å²) in [7, 11) is 0. The molecule has 0 radical (unpaired) electrons. The minimum Gasteiger partial charge on any atom is -0.310 e. The van der Waals surface area contributed by atoms with Gasteiger partial charge in [-0.2, -0.15) is 0 Å². The average molecular weight is 269 g/mol. The summed E-state index contributed by atoms with van der Waals surface area (Å²) in [5, 5.41) is 3.78. The number of nitrogens with one attached hydrogen (secondary N) is 1. The third-order valence-electron chi connectivity index (χ3n) is 3.21. The highest BCUT2D eigenvalue weighted by Crippen LogP contribution is 2.34. The monoisotopic (exact) mass is 269 g/mol. The lowest BCUT2D eigenvalue weighted by atomic mass is 10.1. The summed E-state index contributed by atoms with van der Waals surface area (Å²) >= 11 is 1.77. The topological polar surface area (TPSA) is 12.0 Å². The summed E-state index contributed by atoms with van der Waals surface area (Å²) in [6, 6.07) is 5.42. The molecule has 0 fully saturated rings. The highest BCUT2D eigenvalue weighted by molar-refractivity contribution is 8.00. The van der Waals surface area contributed by atoms with Gasteiger partial charge in [0.05, 0.1) is 0 Å². The van der Waals surface area contributed by atoms with Crippen LogP contribution in [-0.4, -0.2) is 11.8 Å². The highest BCUT2D eigenvalue weighted by Gasteiger charge is 2.18. The van der Waals surface area contributed by atoms with Gasteiger partial charge in [0.2, 0.25) is 0 Å². The minimum atomic E-state index is -0.107. The second-order valence-corrected chi connectivity index (χ2v) is 6.42. The molecule has 18 heavy (non-hydrogen) atoms. The number of hydrogen-bond donors (Lipinski definition) is 1. The van der Waals surface area contributed by atoms with E-state index in [9.17, 15) is 4.39 Å². The van der Waals surface area contributed by atoms with E-state index in [-0.39, 0.29) is 11.9 Å². The normalized spacial score (nSPS) is 14.8. The lowest BCUT2D eigenvalue weighted by Crippen LogP contribution is -2.20. The molecule has 1 rings (SSSR count). The van der Waals surface area contributed by atoms with E-state index in [2.05, 4.69) is 26.1 Å². The Bertz CT molecular complexity index is 379. The summed E-state index contributed by atoms with van der Waals surface area (Å²) in [6.07, 6.45) is 0. The van der Waals surface area contributed by atoms with E-state index in [1.165, 1.54) is 0 Å². The minimum absolute atomic E-state index is 0.0538. The van der Waals surface area contributed by atoms with Crippen LogP contribution < -0.4 is 5.32 Å². The van der Waals surface area contributed by atoms with E-state index >= 15 is 0 Å². The van der Waals surface area contributed by atoms with Gasteiger partial charge in [-0.15, -0.1) is 11.8 Å². The van der Waals surface area contributed by atoms with Crippen molar-refractivity contribution in [2.45, 2.75) is 50.8 Å². The van der Waals surface area contributed by atoms with Crippen molar-refractivity contribution in [3.63, 3.8) is 0 Å². The Morgan fingerprint density at radius 3 is 2.44 bits per heavy atom. The summed E-state index contributed by atoms with van der Waals surface area (Å²) in [6.45, 7) is 11.5. The van der Waals surface area contributed by atoms with Crippen LogP contribution in [0.1, 0.15) is 46.2 Å². The number of thioether (sulfide) groups is 1. The maximum atomic E-state index is 14.0. The lowest BCUT2D eigenvalue weighted by molar-refractivity contribution is 0.531. The number of benzene rings is 1. The van der Waals surface area contributed by atoms with Crippen LogP contribution in [0.25, 0.3) is 0 Å². The molecule has 0 saturated heterocycles. The Morgan fingerprint density at radius 1 is 1.22 bits per heavy atom. The molecule has 0 aliphatic rings. The van der Waals surface area contributed by atoms with Crippen LogP contribution in [0, 0.1) is 11.7 Å². The molecule has 0 bridgehead atoms. The van der Waals surface area contributed by atoms with Gasteiger partial charge in [-0.25, -0.2) is 4.39 Å². The molecular formula is C15H24FNS. The van der Waals surface area contributed by atoms with Crippen LogP contribution in [0.15, 0.2) is 23.1 Å². The predicted octanol–water partition coefficient (Wildman–Crippen LogP) is 4.63. The summed E-state index contributed by atoms with van der Waals surface area (Å²) in [5.74, 6) is 0.477. The molecular weight excluding hydrogens is 245 g/mol. The summed E-state index contributed by atoms with van der Waals surface area (Å²) in [4.78, 5) is 1.06. The van der Waals surface area contributed by atoms with Gasteiger partial charge in [0.1, 0.15) is 5.82 Å². The Morgan fingerprint density at radius 2 is 1.89 bits per heavy atom. The molecule has 3 heteroatoms. The molecule has 1 aromatic rings. The third-order valence-corrected chi connectivity index (χ3v) is 4.73. The van der Waals surface area contributed by atoms with Gasteiger partial charge in [-0.1, -0.05) is 33.8 Å². The van der Waals surface area contributed by atoms with Crippen molar-refractivity contribution in [1.29, 1.82) is 0 Å². The first kappa shape index (κ1) is 15.5. The summed E-state index contributed by atoms with van der Waals surface area (Å²) in [5.41, 5.74) is 0.803. The Labute approximate surface area is 115 Å². The van der Waals surface area contributed by atoms with Crippen LogP contribution in [0.2, 0.25) is 0 Å². The van der Waals surface area contributed by atoms with E-state index in [0.717, 1.165) is 17.0 Å². The Hall–Kier alpha value is -0.540. The molecule has 0 heterocycles. The van der Waals surface area contributed by atoms with Gasteiger partial charge in [-0.3, -0.25) is 0 Å². The van der Waals surface area contributed by atoms with Crippen molar-refractivity contribution in [3.8, 4) is 0 Å². The molecule has 1 nitrogen and oxygen atoms in total. The molecule has 1 N–H and O–H groups in total. The lowest BCUT2D eigenvalue weighted by Gasteiger charge is -2.21. The van der Waals surface area contributed by atoms with Crippen LogP contribution in [0.5, 0.6) is 0 Å². The first-order valence-corrected chi connectivity index (χ1v) is 7.53. The van der Waals surface area contributed by atoms with Gasteiger partial charge in [-0.05, 0) is 31.5 Å². The molecule has 102 valence electrons. The quantitative estimate of drug-likeness (QED) is 0.755. The Balaban J connectivity index is 3.00. The first-order valence-electron chi connectivity index (χ1n) is 6.65. The SMILES string of the molecule is CCNC(C)c1c(F)cccc1SC(C)C(C)C. The zero-order valence-electron chi connectivity index (χ0n) is 12.0. The standard InChI is InChI=1S/C15H24FNS/c1-6-17-11(4)15-13(16)8-7-9-14(15)18-12(5)10(2)3/h7-12,17H,6H2,1-5H3. The van der Waals surface area contributed by atoms with Crippen molar-refractivity contribution < 1.29 is 4.39 Å². The van der Waals surface area contributed by atoms with Gasteiger partial charge in [0, 0.05) is 21.8 Å². The number of rotatable bonds is 6. The maximum absolute atomic E-state index is 14.0. The van der Waals surface area contributed by atoms with Gasteiger partial charge >= 0.3 is 0 Å². The molecule has 2 atom stereocenters. The number of hydrogen-bond acceptors (Lipinski definition) is 2. The molecule has 1 aromatic carbocycles. The molecule has 0 aliphatic carbocycles. The fourth-order valence-electron chi connectivity index (χ4n) is 1.78. The van der Waals surface area contributed by atoms with E-state index < -0.39 is 0 Å². The number of halogens is 1. The predicted molar refractivity (Wildman–Crippen MR) is 78.6 cm³/mol. The smallest absolute Gasteiger partial charge is 0.129 e. The Kier molecular flexibility index (Phi) is 6.16.